The molecule has 0 amide bonds. The molecule has 0 bridgehead atoms. The zero-order chi connectivity index (χ0) is 9.42. The van der Waals surface area contributed by atoms with Crippen LogP contribution in [0.15, 0.2) is 22.9 Å². The summed E-state index contributed by atoms with van der Waals surface area (Å²) in [6.07, 6.45) is 3.15. The summed E-state index contributed by atoms with van der Waals surface area (Å²) in [5.41, 5.74) is 1.01. The van der Waals surface area contributed by atoms with Gasteiger partial charge < -0.3 is 14.1 Å². The molecule has 0 atom stereocenters. The van der Waals surface area contributed by atoms with Crippen molar-refractivity contribution in [1.82, 2.24) is 9.55 Å². The Bertz CT molecular complexity index is 429. The van der Waals surface area contributed by atoms with Crippen LogP contribution in [0.5, 0.6) is 5.88 Å². The highest BCUT2D eigenvalue weighted by Crippen LogP contribution is 2.24. The van der Waals surface area contributed by atoms with Gasteiger partial charge in [0, 0.05) is 7.05 Å². The van der Waals surface area contributed by atoms with Gasteiger partial charge in [0.2, 0.25) is 5.88 Å². The van der Waals surface area contributed by atoms with Crippen molar-refractivity contribution in [3.05, 3.63) is 24.1 Å². The largest absolute Gasteiger partial charge is 0.492 e. The van der Waals surface area contributed by atoms with E-state index in [0.29, 0.717) is 11.6 Å². The monoisotopic (exact) mass is 178 g/mol. The van der Waals surface area contributed by atoms with E-state index in [0.717, 1.165) is 5.56 Å². The van der Waals surface area contributed by atoms with Gasteiger partial charge in [-0.3, -0.25) is 0 Å². The minimum atomic E-state index is 0.00769. The van der Waals surface area contributed by atoms with E-state index in [1.807, 2.05) is 20.0 Å². The van der Waals surface area contributed by atoms with Gasteiger partial charge in [-0.15, -0.1) is 0 Å². The predicted octanol–water partition coefficient (Wildman–Crippen LogP) is 1.69. The van der Waals surface area contributed by atoms with Crippen LogP contribution < -0.4 is 0 Å². The fraction of sp³-hybridized carbons (Fsp3) is 0.222. The second-order valence-corrected chi connectivity index (χ2v) is 2.97. The maximum absolute atomic E-state index is 9.15. The molecule has 0 fully saturated rings. The molecular weight excluding hydrogens is 168 g/mol. The third-order valence-electron chi connectivity index (χ3n) is 1.93. The molecule has 0 spiro atoms. The number of imidazole rings is 1. The Morgan fingerprint density at radius 1 is 1.54 bits per heavy atom. The fourth-order valence-electron chi connectivity index (χ4n) is 1.26. The molecule has 2 rings (SSSR count). The number of hydrogen-bond acceptors (Lipinski definition) is 3. The first-order valence-electron chi connectivity index (χ1n) is 3.95. The van der Waals surface area contributed by atoms with Crippen molar-refractivity contribution in [1.29, 1.82) is 0 Å². The van der Waals surface area contributed by atoms with Crippen molar-refractivity contribution < 1.29 is 9.52 Å². The molecule has 4 heteroatoms. The van der Waals surface area contributed by atoms with E-state index in [-0.39, 0.29) is 5.88 Å². The van der Waals surface area contributed by atoms with Crippen molar-refractivity contribution >= 4 is 0 Å². The summed E-state index contributed by atoms with van der Waals surface area (Å²) < 4.78 is 6.97. The van der Waals surface area contributed by atoms with Gasteiger partial charge in [-0.1, -0.05) is 0 Å². The third-order valence-corrected chi connectivity index (χ3v) is 1.93. The number of aromatic nitrogens is 2. The molecule has 0 unspecified atom stereocenters. The third kappa shape index (κ3) is 1.20. The summed E-state index contributed by atoms with van der Waals surface area (Å²) in [4.78, 5) is 3.94. The topological polar surface area (TPSA) is 51.2 Å². The van der Waals surface area contributed by atoms with Crippen LogP contribution in [0.2, 0.25) is 0 Å². The molecule has 0 saturated carbocycles. The van der Waals surface area contributed by atoms with Gasteiger partial charge in [0.25, 0.3) is 0 Å². The van der Waals surface area contributed by atoms with Crippen LogP contribution in [0.4, 0.5) is 0 Å². The molecule has 4 nitrogen and oxygen atoms in total. The Balaban J connectivity index is 2.58. The molecule has 1 N–H and O–H groups in total. The minimum absolute atomic E-state index is 0.00769. The zero-order valence-electron chi connectivity index (χ0n) is 7.48. The van der Waals surface area contributed by atoms with Crippen molar-refractivity contribution in [2.75, 3.05) is 0 Å². The Morgan fingerprint density at radius 2 is 2.31 bits per heavy atom. The second-order valence-electron chi connectivity index (χ2n) is 2.97. The van der Waals surface area contributed by atoms with Gasteiger partial charge in [-0.05, 0) is 18.6 Å². The Morgan fingerprint density at radius 3 is 2.77 bits per heavy atom. The molecule has 0 radical (unpaired) electrons. The molecule has 2 heterocycles. The summed E-state index contributed by atoms with van der Waals surface area (Å²) in [6.45, 7) is 1.94. The van der Waals surface area contributed by atoms with E-state index in [4.69, 9.17) is 9.52 Å². The number of rotatable bonds is 1. The van der Waals surface area contributed by atoms with Gasteiger partial charge in [0.1, 0.15) is 0 Å². The summed E-state index contributed by atoms with van der Waals surface area (Å²) in [5, 5.41) is 9.15. The average molecular weight is 178 g/mol. The van der Waals surface area contributed by atoms with Gasteiger partial charge in [-0.25, -0.2) is 0 Å². The molecular formula is C9H10N2O2. The van der Waals surface area contributed by atoms with Gasteiger partial charge >= 0.3 is 0 Å². The van der Waals surface area contributed by atoms with E-state index in [2.05, 4.69) is 4.98 Å². The molecule has 0 saturated heterocycles. The predicted molar refractivity (Wildman–Crippen MR) is 47.3 cm³/mol. The quantitative estimate of drug-likeness (QED) is 0.723. The fourth-order valence-corrected chi connectivity index (χ4v) is 1.26. The smallest absolute Gasteiger partial charge is 0.229 e. The molecule has 0 aromatic carbocycles. The van der Waals surface area contributed by atoms with Crippen molar-refractivity contribution in [3.63, 3.8) is 0 Å². The Hall–Kier alpha value is -1.71. The van der Waals surface area contributed by atoms with Crippen LogP contribution in [0, 0.1) is 6.92 Å². The van der Waals surface area contributed by atoms with E-state index in [9.17, 15) is 0 Å². The van der Waals surface area contributed by atoms with Gasteiger partial charge in [-0.2, -0.15) is 4.98 Å². The molecule has 0 aliphatic rings. The standard InChI is InChI=1S/C9H10N2O2/c1-6-3-4-13-8(6)9-10-7(12)5-11(9)2/h3-5,12H,1-2H3. The molecule has 0 aliphatic heterocycles. The Kier molecular flexibility index (Phi) is 1.62. The molecule has 2 aromatic rings. The van der Waals surface area contributed by atoms with Crippen LogP contribution in [0.1, 0.15) is 5.56 Å². The summed E-state index contributed by atoms with van der Waals surface area (Å²) >= 11 is 0. The first-order valence-corrected chi connectivity index (χ1v) is 3.95. The van der Waals surface area contributed by atoms with E-state index >= 15 is 0 Å². The zero-order valence-corrected chi connectivity index (χ0v) is 7.48. The Labute approximate surface area is 75.4 Å². The molecule has 13 heavy (non-hydrogen) atoms. The maximum Gasteiger partial charge on any atom is 0.229 e. The number of furan rings is 1. The molecule has 2 aromatic heterocycles. The number of hydrogen-bond donors (Lipinski definition) is 1. The summed E-state index contributed by atoms with van der Waals surface area (Å²) in [6, 6.07) is 1.86. The number of aromatic hydroxyl groups is 1. The van der Waals surface area contributed by atoms with Crippen molar-refractivity contribution in [3.8, 4) is 17.5 Å². The minimum Gasteiger partial charge on any atom is -0.492 e. The highest BCUT2D eigenvalue weighted by atomic mass is 16.3. The van der Waals surface area contributed by atoms with E-state index < -0.39 is 0 Å². The summed E-state index contributed by atoms with van der Waals surface area (Å²) in [7, 11) is 1.81. The first kappa shape index (κ1) is 7.91. The number of aryl methyl sites for hydroxylation is 2. The van der Waals surface area contributed by atoms with Crippen molar-refractivity contribution in [2.24, 2.45) is 7.05 Å². The van der Waals surface area contributed by atoms with Crippen LogP contribution in [-0.2, 0) is 7.05 Å². The van der Waals surface area contributed by atoms with E-state index in [1.54, 1.807) is 10.8 Å². The second kappa shape index (κ2) is 2.65. The highest BCUT2D eigenvalue weighted by molar-refractivity contribution is 5.53. The SMILES string of the molecule is Cc1ccoc1-c1nc(O)cn1C. The highest BCUT2D eigenvalue weighted by Gasteiger charge is 2.11. The van der Waals surface area contributed by atoms with Crippen molar-refractivity contribution in [2.45, 2.75) is 6.92 Å². The lowest BCUT2D eigenvalue weighted by molar-refractivity contribution is 0.455. The van der Waals surface area contributed by atoms with Crippen LogP contribution in [0.3, 0.4) is 0 Å². The molecule has 68 valence electrons. The summed E-state index contributed by atoms with van der Waals surface area (Å²) in [5.74, 6) is 1.34. The average Bonchev–Trinajstić information content (AvgIpc) is 2.58. The van der Waals surface area contributed by atoms with E-state index in [1.165, 1.54) is 6.20 Å². The lowest BCUT2D eigenvalue weighted by Crippen LogP contribution is -1.90. The number of nitrogens with zero attached hydrogens (tertiary/aromatic N) is 2. The lowest BCUT2D eigenvalue weighted by Gasteiger charge is -1.97. The first-order chi connectivity index (χ1) is 6.18. The van der Waals surface area contributed by atoms with Gasteiger partial charge in [0.15, 0.2) is 11.6 Å². The molecule has 0 aliphatic carbocycles. The van der Waals surface area contributed by atoms with Crippen LogP contribution in [-0.4, -0.2) is 14.7 Å². The normalized spacial score (nSPS) is 10.6. The maximum atomic E-state index is 9.15. The van der Waals surface area contributed by atoms with Crippen LogP contribution >= 0.6 is 0 Å². The lowest BCUT2D eigenvalue weighted by atomic mass is 10.3. The van der Waals surface area contributed by atoms with Crippen LogP contribution in [0.25, 0.3) is 11.6 Å². The van der Waals surface area contributed by atoms with Gasteiger partial charge in [0.05, 0.1) is 12.5 Å².